The summed E-state index contributed by atoms with van der Waals surface area (Å²) in [7, 11) is 4.92. The Balaban J connectivity index is 1.73. The Labute approximate surface area is 160 Å². The smallest absolute Gasteiger partial charge is 0.241 e. The van der Waals surface area contributed by atoms with Gasteiger partial charge in [-0.05, 0) is 17.7 Å². The molecule has 0 bridgehead atoms. The number of ether oxygens (including phenoxy) is 1. The first-order chi connectivity index (χ1) is 12.5. The minimum atomic E-state index is -0.215. The molecule has 2 amide bonds. The Morgan fingerprint density at radius 3 is 2.62 bits per heavy atom. The van der Waals surface area contributed by atoms with Crippen LogP contribution in [0, 0.1) is 0 Å². The minimum absolute atomic E-state index is 0.00280. The zero-order valence-corrected chi connectivity index (χ0v) is 16.4. The van der Waals surface area contributed by atoms with Gasteiger partial charge in [0.15, 0.2) is 4.34 Å². The van der Waals surface area contributed by atoms with Crippen LogP contribution in [0.3, 0.4) is 0 Å². The van der Waals surface area contributed by atoms with E-state index in [0.29, 0.717) is 16.0 Å². The monoisotopic (exact) mass is 395 g/mol. The molecule has 0 fully saturated rings. The summed E-state index contributed by atoms with van der Waals surface area (Å²) in [6.45, 7) is 0.619. The maximum absolute atomic E-state index is 11.7. The van der Waals surface area contributed by atoms with E-state index in [0.717, 1.165) is 11.3 Å². The van der Waals surface area contributed by atoms with Crippen LogP contribution < -0.4 is 15.4 Å². The second-order valence-corrected chi connectivity index (χ2v) is 7.63. The predicted molar refractivity (Wildman–Crippen MR) is 103 cm³/mol. The second kappa shape index (κ2) is 9.97. The Morgan fingerprint density at radius 2 is 1.96 bits per heavy atom. The molecule has 0 aliphatic heterocycles. The molecule has 8 nitrogen and oxygen atoms in total. The summed E-state index contributed by atoms with van der Waals surface area (Å²) in [5.74, 6) is 0.639. The molecule has 0 spiro atoms. The number of benzene rings is 1. The van der Waals surface area contributed by atoms with Crippen molar-refractivity contribution >= 4 is 40.0 Å². The van der Waals surface area contributed by atoms with Crippen molar-refractivity contribution in [3.8, 4) is 5.75 Å². The fourth-order valence-corrected chi connectivity index (χ4v) is 3.35. The van der Waals surface area contributed by atoms with Gasteiger partial charge in [0.25, 0.3) is 0 Å². The van der Waals surface area contributed by atoms with Crippen LogP contribution in [0.4, 0.5) is 5.13 Å². The fourth-order valence-electron chi connectivity index (χ4n) is 1.77. The van der Waals surface area contributed by atoms with Crippen molar-refractivity contribution in [1.29, 1.82) is 0 Å². The number of amides is 2. The lowest BCUT2D eigenvalue weighted by molar-refractivity contribution is -0.130. The molecule has 1 heterocycles. The maximum Gasteiger partial charge on any atom is 0.241 e. The van der Waals surface area contributed by atoms with Gasteiger partial charge in [0, 0.05) is 20.6 Å². The molecule has 0 aliphatic rings. The Morgan fingerprint density at radius 1 is 1.23 bits per heavy atom. The third kappa shape index (κ3) is 6.52. The van der Waals surface area contributed by atoms with Gasteiger partial charge >= 0.3 is 0 Å². The van der Waals surface area contributed by atoms with E-state index in [1.165, 1.54) is 28.0 Å². The van der Waals surface area contributed by atoms with Crippen LogP contribution in [0.15, 0.2) is 28.6 Å². The van der Waals surface area contributed by atoms with Crippen LogP contribution in [-0.2, 0) is 16.1 Å². The van der Waals surface area contributed by atoms with Gasteiger partial charge in [0.2, 0.25) is 16.9 Å². The van der Waals surface area contributed by atoms with E-state index in [2.05, 4.69) is 20.8 Å². The fraction of sp³-hybridized carbons (Fsp3) is 0.375. The van der Waals surface area contributed by atoms with Crippen molar-refractivity contribution in [2.75, 3.05) is 38.8 Å². The average molecular weight is 396 g/mol. The Kier molecular flexibility index (Phi) is 7.67. The summed E-state index contributed by atoms with van der Waals surface area (Å²) in [6, 6.07) is 7.75. The van der Waals surface area contributed by atoms with E-state index in [-0.39, 0.29) is 24.1 Å². The van der Waals surface area contributed by atoms with Crippen LogP contribution in [0.25, 0.3) is 0 Å². The quantitative estimate of drug-likeness (QED) is 0.621. The number of carbonyl (C=O) groups excluding carboxylic acids is 2. The van der Waals surface area contributed by atoms with Crippen LogP contribution in [0.2, 0.25) is 0 Å². The molecule has 26 heavy (non-hydrogen) atoms. The molecule has 1 aromatic carbocycles. The molecule has 2 rings (SSSR count). The van der Waals surface area contributed by atoms with Crippen molar-refractivity contribution in [2.45, 2.75) is 10.9 Å². The lowest BCUT2D eigenvalue weighted by atomic mass is 10.2. The molecule has 2 aromatic rings. The number of anilines is 1. The van der Waals surface area contributed by atoms with Gasteiger partial charge in [0.05, 0.1) is 19.4 Å². The second-order valence-electron chi connectivity index (χ2n) is 5.43. The number of rotatable bonds is 9. The summed E-state index contributed by atoms with van der Waals surface area (Å²) >= 11 is 2.67. The molecular formula is C16H21N5O3S2. The zero-order valence-electron chi connectivity index (χ0n) is 14.8. The molecule has 0 atom stereocenters. The molecule has 1 aromatic heterocycles. The van der Waals surface area contributed by atoms with Crippen LogP contribution >= 0.6 is 23.1 Å². The van der Waals surface area contributed by atoms with Gasteiger partial charge in [-0.3, -0.25) is 9.59 Å². The number of nitrogens with zero attached hydrogens (tertiary/aromatic N) is 3. The van der Waals surface area contributed by atoms with Gasteiger partial charge < -0.3 is 20.3 Å². The number of hydrogen-bond donors (Lipinski definition) is 2. The van der Waals surface area contributed by atoms with Crippen molar-refractivity contribution in [3.05, 3.63) is 29.8 Å². The number of likely N-dealkylation sites (N-methyl/N-ethyl adjacent to an activating group) is 1. The molecule has 0 saturated heterocycles. The molecule has 10 heteroatoms. The summed E-state index contributed by atoms with van der Waals surface area (Å²) < 4.78 is 5.82. The number of thioether (sulfide) groups is 1. The van der Waals surface area contributed by atoms with Gasteiger partial charge in [-0.25, -0.2) is 0 Å². The van der Waals surface area contributed by atoms with E-state index >= 15 is 0 Å². The molecular weight excluding hydrogens is 374 g/mol. The normalized spacial score (nSPS) is 10.3. The number of nitrogens with one attached hydrogen (secondary N) is 2. The highest BCUT2D eigenvalue weighted by Gasteiger charge is 2.10. The summed E-state index contributed by atoms with van der Waals surface area (Å²) in [5.41, 5.74) is 1.10. The predicted octanol–water partition coefficient (Wildman–Crippen LogP) is 1.46. The molecule has 0 unspecified atom stereocenters. The van der Waals surface area contributed by atoms with E-state index in [1.54, 1.807) is 21.2 Å². The van der Waals surface area contributed by atoms with E-state index < -0.39 is 0 Å². The summed E-state index contributed by atoms with van der Waals surface area (Å²) in [6.07, 6.45) is 0. The molecule has 2 N–H and O–H groups in total. The SMILES string of the molecule is COc1ccc(CNc2nnc(SCC(=O)NCC(=O)N(C)C)s2)cc1. The largest absolute Gasteiger partial charge is 0.497 e. The molecule has 0 radical (unpaired) electrons. The first kappa shape index (κ1) is 20.0. The van der Waals surface area contributed by atoms with Crippen LogP contribution in [0.5, 0.6) is 5.75 Å². The van der Waals surface area contributed by atoms with E-state index in [4.69, 9.17) is 4.74 Å². The molecule has 140 valence electrons. The van der Waals surface area contributed by atoms with Crippen molar-refractivity contribution in [2.24, 2.45) is 0 Å². The van der Waals surface area contributed by atoms with Crippen LogP contribution in [-0.4, -0.2) is 60.4 Å². The van der Waals surface area contributed by atoms with Crippen molar-refractivity contribution in [1.82, 2.24) is 20.4 Å². The van der Waals surface area contributed by atoms with Gasteiger partial charge in [-0.2, -0.15) is 0 Å². The lowest BCUT2D eigenvalue weighted by Crippen LogP contribution is -2.36. The third-order valence-electron chi connectivity index (χ3n) is 3.27. The zero-order chi connectivity index (χ0) is 18.9. The number of methoxy groups -OCH3 is 1. The highest BCUT2D eigenvalue weighted by atomic mass is 32.2. The first-order valence-electron chi connectivity index (χ1n) is 7.78. The van der Waals surface area contributed by atoms with Gasteiger partial charge in [-0.15, -0.1) is 10.2 Å². The van der Waals surface area contributed by atoms with Crippen molar-refractivity contribution < 1.29 is 14.3 Å². The van der Waals surface area contributed by atoms with E-state index in [9.17, 15) is 9.59 Å². The van der Waals surface area contributed by atoms with Gasteiger partial charge in [-0.1, -0.05) is 35.2 Å². The summed E-state index contributed by atoms with van der Waals surface area (Å²) in [4.78, 5) is 24.6. The number of hydrogen-bond acceptors (Lipinski definition) is 8. The molecule has 0 aliphatic carbocycles. The lowest BCUT2D eigenvalue weighted by Gasteiger charge is -2.10. The highest BCUT2D eigenvalue weighted by molar-refractivity contribution is 8.01. The first-order valence-corrected chi connectivity index (χ1v) is 9.58. The maximum atomic E-state index is 11.7. The standard InChI is InChI=1S/C16H21N5O3S2/c1-21(2)14(23)9-17-13(22)10-25-16-20-19-15(26-16)18-8-11-4-6-12(24-3)7-5-11/h4-7H,8-10H2,1-3H3,(H,17,22)(H,18,19). The van der Waals surface area contributed by atoms with Gasteiger partial charge in [0.1, 0.15) is 5.75 Å². The highest BCUT2D eigenvalue weighted by Crippen LogP contribution is 2.25. The minimum Gasteiger partial charge on any atom is -0.497 e. The summed E-state index contributed by atoms with van der Waals surface area (Å²) in [5, 5.41) is 14.6. The number of aromatic nitrogens is 2. The van der Waals surface area contributed by atoms with Crippen molar-refractivity contribution in [3.63, 3.8) is 0 Å². The number of carbonyl (C=O) groups is 2. The Hall–Kier alpha value is -2.33. The van der Waals surface area contributed by atoms with E-state index in [1.807, 2.05) is 24.3 Å². The topological polar surface area (TPSA) is 96.5 Å². The average Bonchev–Trinajstić information content (AvgIpc) is 3.11. The third-order valence-corrected chi connectivity index (χ3v) is 5.29. The Bertz CT molecular complexity index is 734. The molecule has 0 saturated carbocycles. The van der Waals surface area contributed by atoms with Crippen LogP contribution in [0.1, 0.15) is 5.56 Å².